The number of hydrogen-bond acceptors (Lipinski definition) is 4. The Morgan fingerprint density at radius 3 is 2.40 bits per heavy atom. The molecule has 0 unspecified atom stereocenters. The Morgan fingerprint density at radius 2 is 1.77 bits per heavy atom. The average molecular weight is 413 g/mol. The molecule has 0 saturated carbocycles. The maximum Gasteiger partial charge on any atom is 0.414 e. The van der Waals surface area contributed by atoms with Gasteiger partial charge in [-0.25, -0.2) is 28.6 Å². The number of halogens is 2. The summed E-state index contributed by atoms with van der Waals surface area (Å²) in [7, 11) is 0. The zero-order chi connectivity index (χ0) is 21.8. The number of hydrogen-bond donors (Lipinski definition) is 3. The third-order valence-corrected chi connectivity index (χ3v) is 4.65. The van der Waals surface area contributed by atoms with Gasteiger partial charge >= 0.3 is 6.09 Å². The molecular weight excluding hydrogens is 396 g/mol. The second-order valence-electron chi connectivity index (χ2n) is 7.79. The summed E-state index contributed by atoms with van der Waals surface area (Å²) < 4.78 is 27.4. The van der Waals surface area contributed by atoms with E-state index in [9.17, 15) is 23.5 Å². The second-order valence-corrected chi connectivity index (χ2v) is 7.79. The molecule has 0 bridgehead atoms. The molecule has 2 heterocycles. The van der Waals surface area contributed by atoms with Gasteiger partial charge in [0.15, 0.2) is 11.6 Å². The first-order valence-corrected chi connectivity index (χ1v) is 8.97. The summed E-state index contributed by atoms with van der Waals surface area (Å²) in [6, 6.07) is 6.70. The third-order valence-electron chi connectivity index (χ3n) is 4.65. The number of aromatic amines is 2. The Morgan fingerprint density at radius 1 is 1.10 bits per heavy atom. The number of nitrogens with one attached hydrogen (secondary N) is 2. The number of rotatable bonds is 2. The van der Waals surface area contributed by atoms with Crippen molar-refractivity contribution in [3.8, 4) is 11.3 Å². The van der Waals surface area contributed by atoms with Crippen LogP contribution in [0.2, 0.25) is 0 Å². The van der Waals surface area contributed by atoms with Crippen LogP contribution in [-0.4, -0.2) is 36.9 Å². The Bertz CT molecular complexity index is 1370. The van der Waals surface area contributed by atoms with Crippen LogP contribution >= 0.6 is 0 Å². The number of carboxylic acid groups (broad SMARTS) is 1. The van der Waals surface area contributed by atoms with Crippen LogP contribution < -0.4 is 10.5 Å². The lowest BCUT2D eigenvalue weighted by atomic mass is 10.0. The number of aromatic nitrogens is 4. The lowest BCUT2D eigenvalue weighted by molar-refractivity contribution is 0.195. The standard InChI is InChI=1S/C20H17F2N5O3/c1-20(2,3)27(19(29)30)18-23-14-5-4-9(6-15(14)24-18)16-10-7-12(21)13(22)8-11(10)17(28)26-25-16/h4-8H,1-3H3,(H,23,24)(H,26,28)(H,29,30). The van der Waals surface area contributed by atoms with Crippen molar-refractivity contribution in [2.24, 2.45) is 0 Å². The minimum Gasteiger partial charge on any atom is -0.465 e. The van der Waals surface area contributed by atoms with E-state index in [2.05, 4.69) is 20.2 Å². The minimum absolute atomic E-state index is 0.0333. The molecular formula is C20H17F2N5O3. The van der Waals surface area contributed by atoms with Crippen molar-refractivity contribution in [3.05, 3.63) is 52.3 Å². The lowest BCUT2D eigenvalue weighted by Crippen LogP contribution is -2.45. The van der Waals surface area contributed by atoms with Gasteiger partial charge in [0.1, 0.15) is 0 Å². The molecule has 30 heavy (non-hydrogen) atoms. The van der Waals surface area contributed by atoms with Crippen molar-refractivity contribution >= 4 is 33.8 Å². The molecule has 4 aromatic rings. The molecule has 8 nitrogen and oxygen atoms in total. The fourth-order valence-electron chi connectivity index (χ4n) is 3.32. The number of nitrogens with zero attached hydrogens (tertiary/aromatic N) is 3. The van der Waals surface area contributed by atoms with Crippen LogP contribution in [0.5, 0.6) is 0 Å². The zero-order valence-electron chi connectivity index (χ0n) is 16.2. The fraction of sp³-hybridized carbons (Fsp3) is 0.200. The number of benzene rings is 2. The Kier molecular flexibility index (Phi) is 4.30. The topological polar surface area (TPSA) is 115 Å². The molecule has 0 fully saturated rings. The molecule has 0 spiro atoms. The first-order valence-electron chi connectivity index (χ1n) is 8.97. The van der Waals surface area contributed by atoms with Gasteiger partial charge in [0, 0.05) is 16.5 Å². The third kappa shape index (κ3) is 3.15. The van der Waals surface area contributed by atoms with E-state index < -0.39 is 28.8 Å². The lowest BCUT2D eigenvalue weighted by Gasteiger charge is -2.30. The molecule has 10 heteroatoms. The van der Waals surface area contributed by atoms with Gasteiger partial charge < -0.3 is 10.1 Å². The zero-order valence-corrected chi connectivity index (χ0v) is 16.2. The number of H-pyrrole nitrogens is 2. The minimum atomic E-state index is -1.16. The molecule has 1 amide bonds. The summed E-state index contributed by atoms with van der Waals surface area (Å²) in [5, 5.41) is 16.0. The van der Waals surface area contributed by atoms with Gasteiger partial charge in [0.2, 0.25) is 5.95 Å². The van der Waals surface area contributed by atoms with E-state index in [1.165, 1.54) is 0 Å². The van der Waals surface area contributed by atoms with E-state index in [0.29, 0.717) is 16.6 Å². The average Bonchev–Trinajstić information content (AvgIpc) is 3.04. The molecule has 3 N–H and O–H groups in total. The SMILES string of the molecule is CC(C)(C)N(C(=O)O)c1nc2ccc(-c3n[nH]c(=O)c4cc(F)c(F)cc34)cc2[nH]1. The van der Waals surface area contributed by atoms with Crippen molar-refractivity contribution in [3.63, 3.8) is 0 Å². The molecule has 0 aliphatic carbocycles. The monoisotopic (exact) mass is 413 g/mol. The predicted octanol–water partition coefficient (Wildman–Crippen LogP) is 4.03. The highest BCUT2D eigenvalue weighted by molar-refractivity contribution is 5.96. The summed E-state index contributed by atoms with van der Waals surface area (Å²) >= 11 is 0. The van der Waals surface area contributed by atoms with Crippen LogP contribution in [-0.2, 0) is 0 Å². The predicted molar refractivity (Wildman–Crippen MR) is 108 cm³/mol. The molecule has 0 aliphatic heterocycles. The van der Waals surface area contributed by atoms with E-state index in [-0.39, 0.29) is 22.4 Å². The van der Waals surface area contributed by atoms with Crippen LogP contribution in [0.1, 0.15) is 20.8 Å². The van der Waals surface area contributed by atoms with Gasteiger partial charge in [-0.05, 0) is 45.0 Å². The fourth-order valence-corrected chi connectivity index (χ4v) is 3.32. The molecule has 0 saturated heterocycles. The second kappa shape index (κ2) is 6.61. The van der Waals surface area contributed by atoms with E-state index in [0.717, 1.165) is 17.0 Å². The number of anilines is 1. The van der Waals surface area contributed by atoms with Crippen LogP contribution in [0.15, 0.2) is 35.1 Å². The first kappa shape index (κ1) is 19.5. The molecule has 2 aromatic carbocycles. The number of fused-ring (bicyclic) bond motifs is 2. The van der Waals surface area contributed by atoms with E-state index in [1.807, 2.05) is 0 Å². The van der Waals surface area contributed by atoms with Crippen LogP contribution in [0.4, 0.5) is 19.5 Å². The normalized spacial score (nSPS) is 11.9. The Labute approximate surface area is 168 Å². The van der Waals surface area contributed by atoms with E-state index in [4.69, 9.17) is 0 Å². The molecule has 4 rings (SSSR count). The van der Waals surface area contributed by atoms with Gasteiger partial charge in [-0.2, -0.15) is 5.10 Å². The van der Waals surface area contributed by atoms with Crippen LogP contribution in [0.25, 0.3) is 33.1 Å². The van der Waals surface area contributed by atoms with Crippen LogP contribution in [0.3, 0.4) is 0 Å². The summed E-state index contributed by atoms with van der Waals surface area (Å²) in [6.07, 6.45) is -1.16. The highest BCUT2D eigenvalue weighted by atomic mass is 19.2. The van der Waals surface area contributed by atoms with Gasteiger partial charge in [0.05, 0.1) is 22.1 Å². The molecule has 0 radical (unpaired) electrons. The molecule has 0 atom stereocenters. The van der Waals surface area contributed by atoms with Crippen LogP contribution in [0, 0.1) is 11.6 Å². The van der Waals surface area contributed by atoms with Gasteiger partial charge in [-0.3, -0.25) is 4.79 Å². The summed E-state index contributed by atoms with van der Waals surface area (Å²) in [4.78, 5) is 32.1. The number of imidazole rings is 1. The summed E-state index contributed by atoms with van der Waals surface area (Å²) in [5.41, 5.74) is 0.396. The smallest absolute Gasteiger partial charge is 0.414 e. The van der Waals surface area contributed by atoms with Gasteiger partial charge in [-0.15, -0.1) is 0 Å². The van der Waals surface area contributed by atoms with Gasteiger partial charge in [-0.1, -0.05) is 6.07 Å². The van der Waals surface area contributed by atoms with Crippen molar-refractivity contribution in [2.75, 3.05) is 4.90 Å². The maximum atomic E-state index is 13.8. The quantitative estimate of drug-likeness (QED) is 0.459. The Hall–Kier alpha value is -3.82. The van der Waals surface area contributed by atoms with Crippen molar-refractivity contribution < 1.29 is 18.7 Å². The maximum absolute atomic E-state index is 13.8. The first-order chi connectivity index (χ1) is 14.1. The highest BCUT2D eigenvalue weighted by Gasteiger charge is 2.30. The number of amides is 1. The Balaban J connectivity index is 1.90. The van der Waals surface area contributed by atoms with Crippen molar-refractivity contribution in [2.45, 2.75) is 26.3 Å². The largest absolute Gasteiger partial charge is 0.465 e. The molecule has 2 aromatic heterocycles. The van der Waals surface area contributed by atoms with Crippen molar-refractivity contribution in [1.29, 1.82) is 0 Å². The summed E-state index contributed by atoms with van der Waals surface area (Å²) in [5.74, 6) is -2.08. The molecule has 0 aliphatic rings. The van der Waals surface area contributed by atoms with Gasteiger partial charge in [0.25, 0.3) is 5.56 Å². The summed E-state index contributed by atoms with van der Waals surface area (Å²) in [6.45, 7) is 5.22. The van der Waals surface area contributed by atoms with Crippen molar-refractivity contribution in [1.82, 2.24) is 20.2 Å². The number of carbonyl (C=O) groups is 1. The highest BCUT2D eigenvalue weighted by Crippen LogP contribution is 2.30. The molecule has 154 valence electrons. The van der Waals surface area contributed by atoms with E-state index >= 15 is 0 Å². The van der Waals surface area contributed by atoms with E-state index in [1.54, 1.807) is 39.0 Å².